The number of ketones is 1. The molecule has 0 amide bonds. The van der Waals surface area contributed by atoms with Crippen molar-refractivity contribution in [3.8, 4) is 0 Å². The van der Waals surface area contributed by atoms with Crippen LogP contribution in [-0.4, -0.2) is 17.5 Å². The van der Waals surface area contributed by atoms with Crippen LogP contribution in [0.4, 0.5) is 0 Å². The smallest absolute Gasteiger partial charge is 0.133 e. The van der Waals surface area contributed by atoms with Gasteiger partial charge in [-0.05, 0) is 25.7 Å². The first-order valence-electron chi connectivity index (χ1n) is 4.71. The summed E-state index contributed by atoms with van der Waals surface area (Å²) >= 11 is 0. The third-order valence-electron chi connectivity index (χ3n) is 2.25. The normalized spacial score (nSPS) is 13.4. The van der Waals surface area contributed by atoms with Gasteiger partial charge in [-0.3, -0.25) is 4.79 Å². The summed E-state index contributed by atoms with van der Waals surface area (Å²) < 4.78 is 0. The molecule has 0 bridgehead atoms. The van der Waals surface area contributed by atoms with Crippen molar-refractivity contribution in [2.75, 3.05) is 6.61 Å². The van der Waals surface area contributed by atoms with Crippen molar-refractivity contribution in [1.29, 1.82) is 0 Å². The van der Waals surface area contributed by atoms with Crippen molar-refractivity contribution in [2.24, 2.45) is 11.8 Å². The molecule has 72 valence electrons. The number of aliphatic hydroxyl groups excluding tert-OH is 1. The van der Waals surface area contributed by atoms with E-state index in [1.54, 1.807) is 6.92 Å². The monoisotopic (exact) mass is 172 g/mol. The first-order chi connectivity index (χ1) is 5.59. The summed E-state index contributed by atoms with van der Waals surface area (Å²) in [6, 6.07) is 0. The molecule has 0 spiro atoms. The van der Waals surface area contributed by atoms with Crippen LogP contribution in [0.3, 0.4) is 0 Å². The highest BCUT2D eigenvalue weighted by Crippen LogP contribution is 2.18. The Morgan fingerprint density at radius 2 is 1.92 bits per heavy atom. The fourth-order valence-electron chi connectivity index (χ4n) is 1.48. The Morgan fingerprint density at radius 1 is 1.33 bits per heavy atom. The van der Waals surface area contributed by atoms with E-state index in [4.69, 9.17) is 5.11 Å². The molecule has 0 aliphatic rings. The average molecular weight is 172 g/mol. The summed E-state index contributed by atoms with van der Waals surface area (Å²) in [4.78, 5) is 11.1. The van der Waals surface area contributed by atoms with Gasteiger partial charge in [0, 0.05) is 12.5 Å². The van der Waals surface area contributed by atoms with Crippen molar-refractivity contribution >= 4 is 5.78 Å². The lowest BCUT2D eigenvalue weighted by Gasteiger charge is -2.16. The summed E-state index contributed by atoms with van der Waals surface area (Å²) in [5.41, 5.74) is 0. The van der Waals surface area contributed by atoms with E-state index in [0.29, 0.717) is 5.92 Å². The molecule has 1 N–H and O–H groups in total. The van der Waals surface area contributed by atoms with Gasteiger partial charge in [-0.15, -0.1) is 0 Å². The Hall–Kier alpha value is -0.370. The molecule has 0 saturated heterocycles. The quantitative estimate of drug-likeness (QED) is 0.622. The van der Waals surface area contributed by atoms with Crippen LogP contribution in [0.5, 0.6) is 0 Å². The average Bonchev–Trinajstić information content (AvgIpc) is 1.96. The summed E-state index contributed by atoms with van der Waals surface area (Å²) in [5.74, 6) is 0.903. The number of Topliss-reactive ketones (excluding diaryl/α,β-unsaturated/α-hetero) is 1. The number of hydrogen-bond acceptors (Lipinski definition) is 2. The van der Waals surface area contributed by atoms with E-state index in [0.717, 1.165) is 19.3 Å². The minimum absolute atomic E-state index is 0.191. The number of carbonyl (C=O) groups is 1. The molecular formula is C10H20O2. The Kier molecular flexibility index (Phi) is 5.99. The molecule has 0 saturated carbocycles. The number of hydrogen-bond donors (Lipinski definition) is 1. The van der Waals surface area contributed by atoms with Crippen LogP contribution in [0, 0.1) is 11.8 Å². The van der Waals surface area contributed by atoms with E-state index in [2.05, 4.69) is 13.8 Å². The minimum Gasteiger partial charge on any atom is -0.396 e. The molecule has 12 heavy (non-hydrogen) atoms. The zero-order valence-corrected chi connectivity index (χ0v) is 8.34. The standard InChI is InChI=1S/C10H20O2/c1-8(2)10(9(3)12)6-4-5-7-11/h8,10-11H,4-7H2,1-3H3. The summed E-state index contributed by atoms with van der Waals surface area (Å²) in [7, 11) is 0. The summed E-state index contributed by atoms with van der Waals surface area (Å²) in [6.07, 6.45) is 2.70. The maximum Gasteiger partial charge on any atom is 0.133 e. The third-order valence-corrected chi connectivity index (χ3v) is 2.25. The van der Waals surface area contributed by atoms with E-state index in [-0.39, 0.29) is 18.3 Å². The topological polar surface area (TPSA) is 37.3 Å². The maximum absolute atomic E-state index is 11.1. The van der Waals surface area contributed by atoms with Crippen LogP contribution in [0.25, 0.3) is 0 Å². The predicted molar refractivity (Wildman–Crippen MR) is 49.9 cm³/mol. The Balaban J connectivity index is 3.72. The van der Waals surface area contributed by atoms with Gasteiger partial charge in [0.1, 0.15) is 5.78 Å². The first kappa shape index (κ1) is 11.6. The second-order valence-corrected chi connectivity index (χ2v) is 3.68. The van der Waals surface area contributed by atoms with Crippen LogP contribution < -0.4 is 0 Å². The van der Waals surface area contributed by atoms with Gasteiger partial charge in [-0.25, -0.2) is 0 Å². The van der Waals surface area contributed by atoms with Gasteiger partial charge in [0.15, 0.2) is 0 Å². The fraction of sp³-hybridized carbons (Fsp3) is 0.900. The van der Waals surface area contributed by atoms with Gasteiger partial charge in [-0.2, -0.15) is 0 Å². The molecule has 2 heteroatoms. The Bertz CT molecular complexity index is 130. The molecule has 0 aliphatic heterocycles. The van der Waals surface area contributed by atoms with Gasteiger partial charge in [0.05, 0.1) is 0 Å². The molecule has 2 nitrogen and oxygen atoms in total. The molecule has 0 aromatic heterocycles. The summed E-state index contributed by atoms with van der Waals surface area (Å²) in [6.45, 7) is 6.04. The van der Waals surface area contributed by atoms with Crippen LogP contribution in [0.15, 0.2) is 0 Å². The molecule has 0 radical (unpaired) electrons. The third kappa shape index (κ3) is 4.50. The molecule has 0 aromatic rings. The van der Waals surface area contributed by atoms with E-state index in [9.17, 15) is 4.79 Å². The van der Waals surface area contributed by atoms with E-state index >= 15 is 0 Å². The van der Waals surface area contributed by atoms with Crippen LogP contribution >= 0.6 is 0 Å². The van der Waals surface area contributed by atoms with Gasteiger partial charge in [-0.1, -0.05) is 20.3 Å². The molecule has 0 aromatic carbocycles. The maximum atomic E-state index is 11.1. The molecular weight excluding hydrogens is 152 g/mol. The van der Waals surface area contributed by atoms with E-state index in [1.165, 1.54) is 0 Å². The van der Waals surface area contributed by atoms with Gasteiger partial charge in [0.25, 0.3) is 0 Å². The van der Waals surface area contributed by atoms with E-state index < -0.39 is 0 Å². The lowest BCUT2D eigenvalue weighted by molar-refractivity contribution is -0.122. The molecule has 0 rings (SSSR count). The van der Waals surface area contributed by atoms with Crippen LogP contribution in [-0.2, 0) is 4.79 Å². The first-order valence-corrected chi connectivity index (χ1v) is 4.71. The Morgan fingerprint density at radius 3 is 2.25 bits per heavy atom. The molecule has 0 heterocycles. The zero-order valence-electron chi connectivity index (χ0n) is 8.34. The highest BCUT2D eigenvalue weighted by Gasteiger charge is 2.17. The van der Waals surface area contributed by atoms with Crippen molar-refractivity contribution in [1.82, 2.24) is 0 Å². The molecule has 0 aliphatic carbocycles. The van der Waals surface area contributed by atoms with Crippen molar-refractivity contribution in [3.63, 3.8) is 0 Å². The zero-order chi connectivity index (χ0) is 9.56. The largest absolute Gasteiger partial charge is 0.396 e. The predicted octanol–water partition coefficient (Wildman–Crippen LogP) is 2.01. The van der Waals surface area contributed by atoms with Gasteiger partial charge >= 0.3 is 0 Å². The van der Waals surface area contributed by atoms with Crippen molar-refractivity contribution < 1.29 is 9.90 Å². The summed E-state index contributed by atoms with van der Waals surface area (Å²) in [5, 5.41) is 8.57. The van der Waals surface area contributed by atoms with Gasteiger partial charge in [0.2, 0.25) is 0 Å². The lowest BCUT2D eigenvalue weighted by Crippen LogP contribution is -2.17. The SMILES string of the molecule is CC(=O)C(CCCCO)C(C)C. The molecule has 1 atom stereocenters. The molecule has 0 fully saturated rings. The fourth-order valence-corrected chi connectivity index (χ4v) is 1.48. The van der Waals surface area contributed by atoms with Crippen LogP contribution in [0.1, 0.15) is 40.0 Å². The Labute approximate surface area is 75.0 Å². The second kappa shape index (κ2) is 6.18. The van der Waals surface area contributed by atoms with E-state index in [1.807, 2.05) is 0 Å². The number of aliphatic hydroxyl groups is 1. The van der Waals surface area contributed by atoms with Crippen LogP contribution in [0.2, 0.25) is 0 Å². The number of unbranched alkanes of at least 4 members (excludes halogenated alkanes) is 1. The highest BCUT2D eigenvalue weighted by molar-refractivity contribution is 5.78. The minimum atomic E-state index is 0.191. The van der Waals surface area contributed by atoms with Crippen molar-refractivity contribution in [3.05, 3.63) is 0 Å². The number of carbonyl (C=O) groups excluding carboxylic acids is 1. The van der Waals surface area contributed by atoms with Crippen molar-refractivity contribution in [2.45, 2.75) is 40.0 Å². The number of rotatable bonds is 6. The second-order valence-electron chi connectivity index (χ2n) is 3.68. The van der Waals surface area contributed by atoms with Gasteiger partial charge < -0.3 is 5.11 Å². The lowest BCUT2D eigenvalue weighted by atomic mass is 9.87. The highest BCUT2D eigenvalue weighted by atomic mass is 16.2. The molecule has 1 unspecified atom stereocenters.